The van der Waals surface area contributed by atoms with Crippen molar-refractivity contribution in [1.29, 1.82) is 5.41 Å². The van der Waals surface area contributed by atoms with Gasteiger partial charge in [-0.2, -0.15) is 5.10 Å². The molecular weight excluding hydrogens is 450 g/mol. The molecule has 2 aromatic heterocycles. The monoisotopic (exact) mass is 493 g/mol. The zero-order valence-electron chi connectivity index (χ0n) is 22.9. The molecule has 3 N–H and O–H groups in total. The lowest BCUT2D eigenvalue weighted by Crippen LogP contribution is -2.48. The van der Waals surface area contributed by atoms with Crippen LogP contribution in [-0.4, -0.2) is 59.4 Å². The molecule has 8 nitrogen and oxygen atoms in total. The molecule has 0 atom stereocenters. The van der Waals surface area contributed by atoms with Crippen molar-refractivity contribution in [1.82, 2.24) is 20.1 Å². The zero-order chi connectivity index (χ0) is 25.7. The van der Waals surface area contributed by atoms with E-state index in [1.54, 1.807) is 7.11 Å². The highest BCUT2D eigenvalue weighted by molar-refractivity contribution is 5.92. The van der Waals surface area contributed by atoms with E-state index < -0.39 is 0 Å². The van der Waals surface area contributed by atoms with Crippen LogP contribution in [0.15, 0.2) is 6.07 Å². The number of aryl methyl sites for hydroxylation is 2. The second-order valence-corrected chi connectivity index (χ2v) is 12.1. The first kappa shape index (κ1) is 25.2. The number of hydrogen-bond donors (Lipinski definition) is 3. The molecule has 2 fully saturated rings. The van der Waals surface area contributed by atoms with Crippen molar-refractivity contribution in [3.05, 3.63) is 34.3 Å². The lowest BCUT2D eigenvalue weighted by molar-refractivity contribution is 0.0164. The molecule has 2 aromatic rings. The van der Waals surface area contributed by atoms with Gasteiger partial charge in [-0.15, -0.1) is 0 Å². The molecule has 36 heavy (non-hydrogen) atoms. The summed E-state index contributed by atoms with van der Waals surface area (Å²) in [7, 11) is 3.67. The van der Waals surface area contributed by atoms with Gasteiger partial charge in [0.2, 0.25) is 0 Å². The molecule has 1 aliphatic heterocycles. The maximum atomic E-state index is 8.01. The molecule has 0 spiro atoms. The molecule has 0 radical (unpaired) electrons. The SMILES string of the molecule is CNc1nc(C)cc(N2CCc3c(c(C)nn3CC34CCC(NCC(C)(C)OC)(CC3)C4)C2)c1C=N. The Hall–Kier alpha value is -2.45. The van der Waals surface area contributed by atoms with Crippen molar-refractivity contribution < 1.29 is 4.74 Å². The number of hydrogen-bond acceptors (Lipinski definition) is 7. The maximum Gasteiger partial charge on any atom is 0.136 e. The van der Waals surface area contributed by atoms with Crippen molar-refractivity contribution in [2.24, 2.45) is 5.41 Å². The largest absolute Gasteiger partial charge is 0.377 e. The topological polar surface area (TPSA) is 91.1 Å². The van der Waals surface area contributed by atoms with Crippen LogP contribution in [0, 0.1) is 24.7 Å². The number of ether oxygens (including phenoxy) is 1. The first-order chi connectivity index (χ1) is 17.1. The molecule has 8 heteroatoms. The first-order valence-corrected chi connectivity index (χ1v) is 13.4. The van der Waals surface area contributed by atoms with Crippen LogP contribution in [0.5, 0.6) is 0 Å². The fourth-order valence-electron chi connectivity index (χ4n) is 6.83. The molecule has 2 saturated carbocycles. The summed E-state index contributed by atoms with van der Waals surface area (Å²) in [5.41, 5.74) is 7.30. The fourth-order valence-corrected chi connectivity index (χ4v) is 6.83. The molecule has 0 amide bonds. The van der Waals surface area contributed by atoms with Gasteiger partial charge < -0.3 is 25.7 Å². The predicted molar refractivity (Wildman–Crippen MR) is 145 cm³/mol. The smallest absolute Gasteiger partial charge is 0.136 e. The number of anilines is 2. The van der Waals surface area contributed by atoms with Crippen LogP contribution in [-0.2, 0) is 24.2 Å². The van der Waals surface area contributed by atoms with Gasteiger partial charge in [0.05, 0.1) is 22.5 Å². The lowest BCUT2D eigenvalue weighted by Gasteiger charge is -2.33. The molecular formula is C28H43N7O. The van der Waals surface area contributed by atoms with E-state index in [1.807, 2.05) is 14.0 Å². The Labute approximate surface area is 215 Å². The van der Waals surface area contributed by atoms with Crippen molar-refractivity contribution in [3.8, 4) is 0 Å². The molecule has 2 bridgehead atoms. The minimum atomic E-state index is -0.133. The van der Waals surface area contributed by atoms with Gasteiger partial charge >= 0.3 is 0 Å². The Morgan fingerprint density at radius 1 is 1.22 bits per heavy atom. The van der Waals surface area contributed by atoms with E-state index >= 15 is 0 Å². The Morgan fingerprint density at radius 3 is 2.64 bits per heavy atom. The first-order valence-electron chi connectivity index (χ1n) is 13.4. The van der Waals surface area contributed by atoms with E-state index in [4.69, 9.17) is 15.2 Å². The summed E-state index contributed by atoms with van der Waals surface area (Å²) in [6.45, 7) is 12.2. The van der Waals surface area contributed by atoms with Crippen molar-refractivity contribution in [3.63, 3.8) is 0 Å². The van der Waals surface area contributed by atoms with E-state index in [-0.39, 0.29) is 11.1 Å². The predicted octanol–water partition coefficient (Wildman–Crippen LogP) is 4.21. The van der Waals surface area contributed by atoms with Gasteiger partial charge in [0.25, 0.3) is 0 Å². The van der Waals surface area contributed by atoms with Gasteiger partial charge in [0.15, 0.2) is 0 Å². The Balaban J connectivity index is 1.34. The molecule has 0 unspecified atom stereocenters. The summed E-state index contributed by atoms with van der Waals surface area (Å²) in [5.74, 6) is 0.769. The van der Waals surface area contributed by atoms with Crippen LogP contribution in [0.3, 0.4) is 0 Å². The van der Waals surface area contributed by atoms with Crippen LogP contribution in [0.2, 0.25) is 0 Å². The second-order valence-electron chi connectivity index (χ2n) is 12.1. The standard InChI is InChI=1S/C28H43N7O/c1-19-13-24(21(14-29)25(30-5)32-19)34-12-7-23-22(15-34)20(2)33-35(23)18-27-8-10-28(16-27,11-9-27)31-17-26(3,4)36-6/h13-14,29,31H,7-12,15-18H2,1-6H3,(H,30,32). The van der Waals surface area contributed by atoms with E-state index in [1.165, 1.54) is 49.6 Å². The van der Waals surface area contributed by atoms with Gasteiger partial charge in [-0.05, 0) is 71.3 Å². The van der Waals surface area contributed by atoms with Gasteiger partial charge in [0, 0.05) is 75.5 Å². The minimum absolute atomic E-state index is 0.133. The third-order valence-corrected chi connectivity index (χ3v) is 9.13. The number of aromatic nitrogens is 3. The van der Waals surface area contributed by atoms with Gasteiger partial charge in [-0.1, -0.05) is 0 Å². The normalized spacial score (nSPS) is 25.3. The van der Waals surface area contributed by atoms with Crippen LogP contribution < -0.4 is 15.5 Å². The number of pyridine rings is 1. The summed E-state index contributed by atoms with van der Waals surface area (Å²) in [4.78, 5) is 6.98. The van der Waals surface area contributed by atoms with E-state index in [0.717, 1.165) is 61.1 Å². The van der Waals surface area contributed by atoms with Crippen molar-refractivity contribution >= 4 is 17.7 Å². The molecule has 5 rings (SSSR count). The van der Waals surface area contributed by atoms with E-state index in [9.17, 15) is 0 Å². The summed E-state index contributed by atoms with van der Waals surface area (Å²) >= 11 is 0. The van der Waals surface area contributed by atoms with Crippen LogP contribution >= 0.6 is 0 Å². The highest BCUT2D eigenvalue weighted by Gasteiger charge is 2.54. The minimum Gasteiger partial charge on any atom is -0.377 e. The Kier molecular flexibility index (Phi) is 6.40. The van der Waals surface area contributed by atoms with Crippen molar-refractivity contribution in [2.75, 3.05) is 37.5 Å². The number of fused-ring (bicyclic) bond motifs is 3. The molecule has 0 aromatic carbocycles. The quantitative estimate of drug-likeness (QED) is 0.453. The number of nitrogens with one attached hydrogen (secondary N) is 3. The average molecular weight is 494 g/mol. The maximum absolute atomic E-state index is 8.01. The van der Waals surface area contributed by atoms with Gasteiger partial charge in [0.1, 0.15) is 5.82 Å². The molecule has 3 aliphatic rings. The van der Waals surface area contributed by atoms with E-state index in [0.29, 0.717) is 5.41 Å². The third kappa shape index (κ3) is 4.43. The highest BCUT2D eigenvalue weighted by Crippen LogP contribution is 2.57. The summed E-state index contributed by atoms with van der Waals surface area (Å²) in [5, 5.41) is 20.2. The van der Waals surface area contributed by atoms with E-state index in [2.05, 4.69) is 52.0 Å². The fraction of sp³-hybridized carbons (Fsp3) is 0.679. The highest BCUT2D eigenvalue weighted by atomic mass is 16.5. The van der Waals surface area contributed by atoms with Crippen LogP contribution in [0.25, 0.3) is 0 Å². The Bertz CT molecular complexity index is 1140. The third-order valence-electron chi connectivity index (χ3n) is 9.13. The average Bonchev–Trinajstić information content (AvgIpc) is 3.52. The number of nitrogens with zero attached hydrogens (tertiary/aromatic N) is 4. The van der Waals surface area contributed by atoms with Crippen LogP contribution in [0.4, 0.5) is 11.5 Å². The lowest BCUT2D eigenvalue weighted by atomic mass is 9.84. The summed E-state index contributed by atoms with van der Waals surface area (Å²) < 4.78 is 8.02. The van der Waals surface area contributed by atoms with Crippen molar-refractivity contribution in [2.45, 2.75) is 90.4 Å². The zero-order valence-corrected chi connectivity index (χ0v) is 22.9. The summed E-state index contributed by atoms with van der Waals surface area (Å²) in [6, 6.07) is 2.11. The van der Waals surface area contributed by atoms with Crippen LogP contribution in [0.1, 0.15) is 74.2 Å². The van der Waals surface area contributed by atoms with Gasteiger partial charge in [-0.25, -0.2) is 4.98 Å². The number of rotatable bonds is 9. The molecule has 3 heterocycles. The van der Waals surface area contributed by atoms with Gasteiger partial charge in [-0.3, -0.25) is 4.68 Å². The molecule has 2 aliphatic carbocycles. The number of methoxy groups -OCH3 is 1. The second kappa shape index (κ2) is 9.14. The molecule has 0 saturated heterocycles. The summed E-state index contributed by atoms with van der Waals surface area (Å²) in [6.07, 6.45) is 8.71. The Morgan fingerprint density at radius 2 is 1.97 bits per heavy atom. The molecule has 196 valence electrons.